The SMILES string of the molecule is CCOC(=O)C(C)c1ccc(F)c(F)c1. The van der Waals surface area contributed by atoms with Crippen molar-refractivity contribution >= 4 is 5.97 Å². The molecule has 0 saturated carbocycles. The van der Waals surface area contributed by atoms with E-state index >= 15 is 0 Å². The van der Waals surface area contributed by atoms with Gasteiger partial charge in [0.25, 0.3) is 0 Å². The van der Waals surface area contributed by atoms with E-state index in [9.17, 15) is 13.6 Å². The number of ether oxygens (including phenoxy) is 1. The predicted octanol–water partition coefficient (Wildman–Crippen LogP) is 2.63. The summed E-state index contributed by atoms with van der Waals surface area (Å²) in [6.45, 7) is 3.55. The molecular formula is C11H12F2O2. The van der Waals surface area contributed by atoms with Gasteiger partial charge in [-0.05, 0) is 31.5 Å². The van der Waals surface area contributed by atoms with Crippen molar-refractivity contribution in [2.24, 2.45) is 0 Å². The number of hydrogen-bond donors (Lipinski definition) is 0. The number of carbonyl (C=O) groups excluding carboxylic acids is 1. The Labute approximate surface area is 86.9 Å². The molecule has 0 bridgehead atoms. The average Bonchev–Trinajstić information content (AvgIpc) is 2.21. The zero-order valence-corrected chi connectivity index (χ0v) is 8.59. The summed E-state index contributed by atoms with van der Waals surface area (Å²) in [6, 6.07) is 3.39. The average molecular weight is 214 g/mol. The lowest BCUT2D eigenvalue weighted by molar-refractivity contribution is -0.144. The number of esters is 1. The standard InChI is InChI=1S/C11H12F2O2/c1-3-15-11(14)7(2)8-4-5-9(12)10(13)6-8/h4-7H,3H2,1-2H3. The maximum Gasteiger partial charge on any atom is 0.313 e. The summed E-state index contributed by atoms with van der Waals surface area (Å²) < 4.78 is 30.3. The highest BCUT2D eigenvalue weighted by atomic mass is 19.2. The van der Waals surface area contributed by atoms with E-state index < -0.39 is 23.5 Å². The summed E-state index contributed by atoms with van der Waals surface area (Å²) in [6.07, 6.45) is 0. The van der Waals surface area contributed by atoms with Crippen molar-refractivity contribution in [2.75, 3.05) is 6.61 Å². The van der Waals surface area contributed by atoms with Crippen molar-refractivity contribution in [3.05, 3.63) is 35.4 Å². The van der Waals surface area contributed by atoms with Crippen molar-refractivity contribution in [1.29, 1.82) is 0 Å². The van der Waals surface area contributed by atoms with Crippen LogP contribution in [-0.2, 0) is 9.53 Å². The molecule has 0 aliphatic carbocycles. The Bertz CT molecular complexity index is 364. The van der Waals surface area contributed by atoms with Crippen LogP contribution >= 0.6 is 0 Å². The molecule has 0 spiro atoms. The van der Waals surface area contributed by atoms with Crippen LogP contribution in [0.4, 0.5) is 8.78 Å². The van der Waals surface area contributed by atoms with Crippen LogP contribution in [-0.4, -0.2) is 12.6 Å². The van der Waals surface area contributed by atoms with Crippen LogP contribution < -0.4 is 0 Å². The Morgan fingerprint density at radius 1 is 1.40 bits per heavy atom. The Morgan fingerprint density at radius 2 is 2.07 bits per heavy atom. The predicted molar refractivity (Wildman–Crippen MR) is 51.4 cm³/mol. The minimum atomic E-state index is -0.955. The second-order valence-corrected chi connectivity index (χ2v) is 3.15. The highest BCUT2D eigenvalue weighted by Gasteiger charge is 2.17. The fraction of sp³-hybridized carbons (Fsp3) is 0.364. The van der Waals surface area contributed by atoms with E-state index in [0.29, 0.717) is 5.56 Å². The minimum Gasteiger partial charge on any atom is -0.466 e. The van der Waals surface area contributed by atoms with Crippen LogP contribution in [0.3, 0.4) is 0 Å². The van der Waals surface area contributed by atoms with Crippen molar-refractivity contribution in [3.63, 3.8) is 0 Å². The highest BCUT2D eigenvalue weighted by molar-refractivity contribution is 5.77. The molecule has 0 fully saturated rings. The lowest BCUT2D eigenvalue weighted by Gasteiger charge is -2.10. The van der Waals surface area contributed by atoms with Gasteiger partial charge in [0.1, 0.15) is 0 Å². The molecule has 1 aromatic rings. The topological polar surface area (TPSA) is 26.3 Å². The van der Waals surface area contributed by atoms with E-state index in [-0.39, 0.29) is 6.61 Å². The van der Waals surface area contributed by atoms with Crippen LogP contribution in [0.5, 0.6) is 0 Å². The molecule has 0 heterocycles. The Hall–Kier alpha value is -1.45. The molecule has 1 atom stereocenters. The van der Waals surface area contributed by atoms with Gasteiger partial charge in [-0.2, -0.15) is 0 Å². The highest BCUT2D eigenvalue weighted by Crippen LogP contribution is 2.19. The molecule has 0 aliphatic rings. The van der Waals surface area contributed by atoms with E-state index in [1.165, 1.54) is 6.07 Å². The summed E-state index contributed by atoms with van der Waals surface area (Å²) in [5.41, 5.74) is 0.410. The van der Waals surface area contributed by atoms with Crippen molar-refractivity contribution in [1.82, 2.24) is 0 Å². The maximum atomic E-state index is 12.9. The summed E-state index contributed by atoms with van der Waals surface area (Å²) >= 11 is 0. The van der Waals surface area contributed by atoms with E-state index in [2.05, 4.69) is 0 Å². The molecule has 82 valence electrons. The third kappa shape index (κ3) is 2.75. The van der Waals surface area contributed by atoms with Crippen LogP contribution in [0.2, 0.25) is 0 Å². The van der Waals surface area contributed by atoms with Gasteiger partial charge in [-0.15, -0.1) is 0 Å². The van der Waals surface area contributed by atoms with Crippen LogP contribution in [0.1, 0.15) is 25.3 Å². The molecular weight excluding hydrogens is 202 g/mol. The fourth-order valence-electron chi connectivity index (χ4n) is 1.19. The summed E-state index contributed by atoms with van der Waals surface area (Å²) in [4.78, 5) is 11.3. The number of rotatable bonds is 3. The third-order valence-electron chi connectivity index (χ3n) is 2.08. The van der Waals surface area contributed by atoms with Gasteiger partial charge in [0.05, 0.1) is 12.5 Å². The molecule has 2 nitrogen and oxygen atoms in total. The Kier molecular flexibility index (Phi) is 3.77. The van der Waals surface area contributed by atoms with Crippen molar-refractivity contribution in [2.45, 2.75) is 19.8 Å². The van der Waals surface area contributed by atoms with Gasteiger partial charge in [0, 0.05) is 0 Å². The zero-order valence-electron chi connectivity index (χ0n) is 8.59. The van der Waals surface area contributed by atoms with Gasteiger partial charge in [-0.25, -0.2) is 8.78 Å². The van der Waals surface area contributed by atoms with E-state index in [1.54, 1.807) is 13.8 Å². The van der Waals surface area contributed by atoms with Gasteiger partial charge in [-0.1, -0.05) is 6.07 Å². The van der Waals surface area contributed by atoms with Gasteiger partial charge in [0.15, 0.2) is 11.6 Å². The molecule has 0 aliphatic heterocycles. The molecule has 1 rings (SSSR count). The summed E-state index contributed by atoms with van der Waals surface area (Å²) in [5.74, 6) is -2.90. The Morgan fingerprint density at radius 3 is 2.60 bits per heavy atom. The number of benzene rings is 1. The first-order valence-electron chi connectivity index (χ1n) is 4.67. The summed E-state index contributed by atoms with van der Waals surface area (Å²) in [7, 11) is 0. The lowest BCUT2D eigenvalue weighted by atomic mass is 10.0. The fourth-order valence-corrected chi connectivity index (χ4v) is 1.19. The normalized spacial score (nSPS) is 12.3. The minimum absolute atomic E-state index is 0.271. The van der Waals surface area contributed by atoms with Gasteiger partial charge in [0.2, 0.25) is 0 Å². The monoisotopic (exact) mass is 214 g/mol. The first-order valence-corrected chi connectivity index (χ1v) is 4.67. The zero-order chi connectivity index (χ0) is 11.4. The number of carbonyl (C=O) groups is 1. The molecule has 0 saturated heterocycles. The van der Waals surface area contributed by atoms with Crippen LogP contribution in [0, 0.1) is 11.6 Å². The van der Waals surface area contributed by atoms with Gasteiger partial charge in [-0.3, -0.25) is 4.79 Å². The smallest absolute Gasteiger partial charge is 0.313 e. The second kappa shape index (κ2) is 4.87. The first kappa shape index (κ1) is 11.6. The molecule has 0 N–H and O–H groups in total. The largest absolute Gasteiger partial charge is 0.466 e. The summed E-state index contributed by atoms with van der Waals surface area (Å²) in [5, 5.41) is 0. The van der Waals surface area contributed by atoms with Crippen LogP contribution in [0.25, 0.3) is 0 Å². The number of hydrogen-bond acceptors (Lipinski definition) is 2. The number of halogens is 2. The molecule has 1 aromatic carbocycles. The van der Waals surface area contributed by atoms with Crippen molar-refractivity contribution < 1.29 is 18.3 Å². The van der Waals surface area contributed by atoms with E-state index in [4.69, 9.17) is 4.74 Å². The molecule has 1 unspecified atom stereocenters. The molecule has 0 amide bonds. The van der Waals surface area contributed by atoms with Gasteiger partial charge >= 0.3 is 5.97 Å². The third-order valence-corrected chi connectivity index (χ3v) is 2.08. The second-order valence-electron chi connectivity index (χ2n) is 3.15. The van der Waals surface area contributed by atoms with Gasteiger partial charge < -0.3 is 4.74 Å². The van der Waals surface area contributed by atoms with Crippen LogP contribution in [0.15, 0.2) is 18.2 Å². The van der Waals surface area contributed by atoms with E-state index in [1.807, 2.05) is 0 Å². The Balaban J connectivity index is 2.86. The molecule has 0 aromatic heterocycles. The molecule has 15 heavy (non-hydrogen) atoms. The van der Waals surface area contributed by atoms with E-state index in [0.717, 1.165) is 12.1 Å². The van der Waals surface area contributed by atoms with Crippen molar-refractivity contribution in [3.8, 4) is 0 Å². The first-order chi connectivity index (χ1) is 7.06. The molecule has 0 radical (unpaired) electrons. The maximum absolute atomic E-state index is 12.9. The molecule has 4 heteroatoms. The quantitative estimate of drug-likeness (QED) is 0.723. The lowest BCUT2D eigenvalue weighted by Crippen LogP contribution is -2.13.